The number of halogens is 1. The van der Waals surface area contributed by atoms with Gasteiger partial charge in [0.25, 0.3) is 5.69 Å². The number of benzene rings is 2. The van der Waals surface area contributed by atoms with Crippen LogP contribution in [0.25, 0.3) is 0 Å². The fourth-order valence-electron chi connectivity index (χ4n) is 2.60. The second-order valence-corrected chi connectivity index (χ2v) is 9.04. The summed E-state index contributed by atoms with van der Waals surface area (Å²) in [5.41, 5.74) is 4.02. The number of anilines is 1. The molecule has 12 heteroatoms. The first-order chi connectivity index (χ1) is 15.7. The van der Waals surface area contributed by atoms with Crippen molar-refractivity contribution in [3.05, 3.63) is 80.4 Å². The molecule has 0 amide bonds. The predicted octanol–water partition coefficient (Wildman–Crippen LogP) is 4.67. The summed E-state index contributed by atoms with van der Waals surface area (Å²) in [6.45, 7) is 3.89. The highest BCUT2D eigenvalue weighted by atomic mass is 79.9. The van der Waals surface area contributed by atoms with E-state index in [1.54, 1.807) is 31.2 Å². The van der Waals surface area contributed by atoms with Crippen LogP contribution in [-0.2, 0) is 10.1 Å². The highest BCUT2D eigenvalue weighted by Crippen LogP contribution is 2.38. The predicted molar refractivity (Wildman–Crippen MR) is 126 cm³/mol. The van der Waals surface area contributed by atoms with Crippen molar-refractivity contribution in [2.75, 3.05) is 12.0 Å². The Balaban J connectivity index is 1.82. The van der Waals surface area contributed by atoms with Crippen LogP contribution in [0.5, 0.6) is 11.5 Å². The molecule has 0 aliphatic rings. The van der Waals surface area contributed by atoms with E-state index in [9.17, 15) is 18.5 Å². The van der Waals surface area contributed by atoms with Gasteiger partial charge in [-0.3, -0.25) is 15.5 Å². The maximum atomic E-state index is 12.7. The molecule has 3 aromatic rings. The van der Waals surface area contributed by atoms with E-state index in [2.05, 4.69) is 31.4 Å². The molecule has 1 aromatic heterocycles. The second-order valence-electron chi connectivity index (χ2n) is 6.64. The zero-order valence-corrected chi connectivity index (χ0v) is 20.0. The van der Waals surface area contributed by atoms with E-state index in [1.165, 1.54) is 30.5 Å². The lowest BCUT2D eigenvalue weighted by Gasteiger charge is -2.14. The van der Waals surface area contributed by atoms with E-state index >= 15 is 0 Å². The van der Waals surface area contributed by atoms with Gasteiger partial charge in [-0.2, -0.15) is 13.5 Å². The molecule has 0 fully saturated rings. The van der Waals surface area contributed by atoms with Crippen LogP contribution in [0.15, 0.2) is 69.2 Å². The smallest absolute Gasteiger partial charge is 0.339 e. The largest absolute Gasteiger partial charge is 0.490 e. The third-order valence-electron chi connectivity index (χ3n) is 4.19. The minimum absolute atomic E-state index is 0.0135. The van der Waals surface area contributed by atoms with Crippen LogP contribution in [0.1, 0.15) is 18.1 Å². The van der Waals surface area contributed by atoms with Crippen molar-refractivity contribution in [3.63, 3.8) is 0 Å². The van der Waals surface area contributed by atoms with E-state index in [-0.39, 0.29) is 28.7 Å². The van der Waals surface area contributed by atoms with E-state index in [4.69, 9.17) is 8.92 Å². The first-order valence-electron chi connectivity index (χ1n) is 9.56. The van der Waals surface area contributed by atoms with Gasteiger partial charge in [-0.1, -0.05) is 17.7 Å². The Labute approximate surface area is 198 Å². The van der Waals surface area contributed by atoms with Gasteiger partial charge in [-0.25, -0.2) is 4.98 Å². The summed E-state index contributed by atoms with van der Waals surface area (Å²) in [5, 5.41) is 14.7. The average molecular weight is 535 g/mol. The number of hydrogen-bond acceptors (Lipinski definition) is 9. The molecule has 0 unspecified atom stereocenters. The summed E-state index contributed by atoms with van der Waals surface area (Å²) in [4.78, 5) is 14.1. The van der Waals surface area contributed by atoms with Crippen molar-refractivity contribution in [3.8, 4) is 11.5 Å². The zero-order valence-electron chi connectivity index (χ0n) is 17.6. The lowest BCUT2D eigenvalue weighted by molar-refractivity contribution is -0.385. The lowest BCUT2D eigenvalue weighted by atomic mass is 10.2. The Morgan fingerprint density at radius 2 is 1.94 bits per heavy atom. The van der Waals surface area contributed by atoms with Crippen molar-refractivity contribution in [1.82, 2.24) is 4.98 Å². The molecule has 0 spiro atoms. The van der Waals surface area contributed by atoms with Crippen LogP contribution in [0.2, 0.25) is 0 Å². The van der Waals surface area contributed by atoms with Gasteiger partial charge in [0.05, 0.1) is 22.2 Å². The van der Waals surface area contributed by atoms with Gasteiger partial charge in [0, 0.05) is 6.07 Å². The number of rotatable bonds is 9. The van der Waals surface area contributed by atoms with Crippen LogP contribution in [0, 0.1) is 17.0 Å². The third kappa shape index (κ3) is 6.26. The van der Waals surface area contributed by atoms with Crippen LogP contribution in [-0.4, -0.2) is 31.1 Å². The molecule has 0 atom stereocenters. The van der Waals surface area contributed by atoms with Crippen molar-refractivity contribution < 1.29 is 22.3 Å². The number of pyridine rings is 1. The number of nitrogens with zero attached hydrogens (tertiary/aromatic N) is 3. The molecule has 172 valence electrons. The van der Waals surface area contributed by atoms with Crippen LogP contribution in [0.4, 0.5) is 11.5 Å². The molecule has 0 radical (unpaired) electrons. The minimum Gasteiger partial charge on any atom is -0.490 e. The molecule has 3 rings (SSSR count). The molecular formula is C21H19BrN4O6S. The standard InChI is InChI=1S/C21H19BrN4O6S/c1-3-31-19-11-15(12-24-25-20-9-6-16(13-23-20)26(27)28)10-18(22)21(19)32-33(29,30)17-7-4-14(2)5-8-17/h4-13H,3H2,1-2H3,(H,23,25)/b24-12-. The van der Waals surface area contributed by atoms with Gasteiger partial charge in [-0.15, -0.1) is 0 Å². The number of hydrazone groups is 1. The monoisotopic (exact) mass is 534 g/mol. The summed E-state index contributed by atoms with van der Waals surface area (Å²) >= 11 is 3.34. The maximum absolute atomic E-state index is 12.7. The second kappa shape index (κ2) is 10.4. The fourth-order valence-corrected chi connectivity index (χ4v) is 4.21. The van der Waals surface area contributed by atoms with Gasteiger partial charge in [0.15, 0.2) is 11.5 Å². The highest BCUT2D eigenvalue weighted by molar-refractivity contribution is 9.10. The Hall–Kier alpha value is -3.51. The normalized spacial score (nSPS) is 11.4. The van der Waals surface area contributed by atoms with Gasteiger partial charge < -0.3 is 8.92 Å². The van der Waals surface area contributed by atoms with Gasteiger partial charge >= 0.3 is 10.1 Å². The molecule has 0 aliphatic carbocycles. The van der Waals surface area contributed by atoms with E-state index in [1.807, 2.05) is 6.92 Å². The van der Waals surface area contributed by atoms with Crippen molar-refractivity contribution in [2.24, 2.45) is 5.10 Å². The summed E-state index contributed by atoms with van der Waals surface area (Å²) in [5.74, 6) is 0.530. The molecular weight excluding hydrogens is 516 g/mol. The Morgan fingerprint density at radius 1 is 1.21 bits per heavy atom. The van der Waals surface area contributed by atoms with E-state index < -0.39 is 15.0 Å². The van der Waals surface area contributed by atoms with Crippen LogP contribution >= 0.6 is 15.9 Å². The molecule has 1 N–H and O–H groups in total. The fraction of sp³-hybridized carbons (Fsp3) is 0.143. The molecule has 1 heterocycles. The molecule has 0 saturated heterocycles. The lowest BCUT2D eigenvalue weighted by Crippen LogP contribution is -2.11. The molecule has 33 heavy (non-hydrogen) atoms. The summed E-state index contributed by atoms with van der Waals surface area (Å²) < 4.78 is 36.7. The summed E-state index contributed by atoms with van der Waals surface area (Å²) in [6.07, 6.45) is 2.57. The molecule has 2 aromatic carbocycles. The zero-order chi connectivity index (χ0) is 24.0. The summed E-state index contributed by atoms with van der Waals surface area (Å²) in [6, 6.07) is 12.2. The average Bonchev–Trinajstić information content (AvgIpc) is 2.77. The van der Waals surface area contributed by atoms with Crippen LogP contribution in [0.3, 0.4) is 0 Å². The maximum Gasteiger partial charge on any atom is 0.339 e. The number of aryl methyl sites for hydroxylation is 1. The topological polar surface area (TPSA) is 133 Å². The number of ether oxygens (including phenoxy) is 1. The molecule has 10 nitrogen and oxygen atoms in total. The summed E-state index contributed by atoms with van der Waals surface area (Å²) in [7, 11) is -4.08. The molecule has 0 saturated carbocycles. The van der Waals surface area contributed by atoms with Crippen molar-refractivity contribution in [1.29, 1.82) is 0 Å². The highest BCUT2D eigenvalue weighted by Gasteiger charge is 2.22. The first kappa shape index (κ1) is 24.1. The van der Waals surface area contributed by atoms with Gasteiger partial charge in [-0.05, 0) is 65.7 Å². The van der Waals surface area contributed by atoms with E-state index in [0.717, 1.165) is 11.8 Å². The molecule has 0 bridgehead atoms. The van der Waals surface area contributed by atoms with Crippen molar-refractivity contribution in [2.45, 2.75) is 18.7 Å². The van der Waals surface area contributed by atoms with Crippen LogP contribution < -0.4 is 14.3 Å². The number of nitro groups is 1. The van der Waals surface area contributed by atoms with Crippen molar-refractivity contribution >= 4 is 43.8 Å². The quantitative estimate of drug-likeness (QED) is 0.181. The Bertz CT molecular complexity index is 1280. The SMILES string of the molecule is CCOc1cc(/C=N\Nc2ccc([N+](=O)[O-])cn2)cc(Br)c1OS(=O)(=O)c1ccc(C)cc1. The van der Waals surface area contributed by atoms with Gasteiger partial charge in [0.1, 0.15) is 16.9 Å². The van der Waals surface area contributed by atoms with Gasteiger partial charge in [0.2, 0.25) is 0 Å². The minimum atomic E-state index is -4.08. The molecule has 0 aliphatic heterocycles. The Kier molecular flexibility index (Phi) is 7.61. The number of nitrogens with one attached hydrogen (secondary N) is 1. The Morgan fingerprint density at radius 3 is 2.55 bits per heavy atom. The third-order valence-corrected chi connectivity index (χ3v) is 6.01. The number of hydrogen-bond donors (Lipinski definition) is 1. The number of aromatic nitrogens is 1. The first-order valence-corrected chi connectivity index (χ1v) is 11.8. The van der Waals surface area contributed by atoms with E-state index in [0.29, 0.717) is 15.9 Å².